The third-order valence-electron chi connectivity index (χ3n) is 8.49. The van der Waals surface area contributed by atoms with Crippen LogP contribution in [-0.2, 0) is 51.1 Å². The SMILES string of the molecule is C[C@H](NC(=O)[C@H](CCCCNC(=O)OC(C)(C)C)NC(=O)[C@H](Cc1ccc(OC(C)(C)C)cc1)NC(=O)[C@H](CC(=O)OC(C)(C)C)NC(=O)[C@@H](N)Cc1ccccc1)C(N)=O. The largest absolute Gasteiger partial charge is 0.488 e. The van der Waals surface area contributed by atoms with Crippen LogP contribution in [0.1, 0.15) is 106 Å². The fourth-order valence-corrected chi connectivity index (χ4v) is 5.67. The Morgan fingerprint density at radius 2 is 1.13 bits per heavy atom. The molecule has 0 heterocycles. The van der Waals surface area contributed by atoms with Crippen LogP contribution in [0.5, 0.6) is 5.75 Å². The topological polar surface area (TPSA) is 259 Å². The second-order valence-corrected chi connectivity index (χ2v) is 17.9. The first-order valence-electron chi connectivity index (χ1n) is 20.5. The third-order valence-corrected chi connectivity index (χ3v) is 8.49. The summed E-state index contributed by atoms with van der Waals surface area (Å²) in [6.45, 7) is 17.5. The van der Waals surface area contributed by atoms with E-state index in [0.29, 0.717) is 24.2 Å². The summed E-state index contributed by atoms with van der Waals surface area (Å²) >= 11 is 0. The van der Waals surface area contributed by atoms with E-state index in [9.17, 15) is 33.6 Å². The van der Waals surface area contributed by atoms with Crippen molar-refractivity contribution in [1.82, 2.24) is 26.6 Å². The minimum absolute atomic E-state index is 0.0647. The molecule has 0 aliphatic carbocycles. The molecule has 0 aliphatic heterocycles. The third kappa shape index (κ3) is 21.4. The molecular weight excluding hydrogens is 787 g/mol. The molecule has 61 heavy (non-hydrogen) atoms. The zero-order chi connectivity index (χ0) is 46.1. The predicted molar refractivity (Wildman–Crippen MR) is 230 cm³/mol. The van der Waals surface area contributed by atoms with Crippen LogP contribution in [0.15, 0.2) is 54.6 Å². The van der Waals surface area contributed by atoms with Gasteiger partial charge in [0.15, 0.2) is 0 Å². The molecular formula is C44H67N7O10. The Morgan fingerprint density at radius 3 is 1.69 bits per heavy atom. The number of hydrogen-bond acceptors (Lipinski definition) is 11. The maximum atomic E-state index is 14.3. The van der Waals surface area contributed by atoms with Crippen molar-refractivity contribution < 1.29 is 47.8 Å². The smallest absolute Gasteiger partial charge is 0.407 e. The van der Waals surface area contributed by atoms with E-state index in [4.69, 9.17) is 25.7 Å². The zero-order valence-electron chi connectivity index (χ0n) is 37.3. The quantitative estimate of drug-likeness (QED) is 0.0710. The van der Waals surface area contributed by atoms with Gasteiger partial charge in [0.05, 0.1) is 12.5 Å². The van der Waals surface area contributed by atoms with E-state index in [1.165, 1.54) is 6.92 Å². The standard InChI is InChI=1S/C44H67N7O10/c1-27(36(46)53)48-38(55)32(18-14-15-23-47-41(58)61-44(8,9)10)49-39(56)33(25-29-19-21-30(22-20-29)59-42(2,3)4)51-40(57)34(26-35(52)60-43(5,6)7)50-37(54)31(45)24-28-16-12-11-13-17-28/h11-13,16-17,19-22,27,31-34H,14-15,18,23-26,45H2,1-10H3,(H2,46,53)(H,47,58)(H,48,55)(H,49,56)(H,50,54)(H,51,57)/t27-,31-,32-,33-,34-/m0/s1. The molecule has 6 amide bonds. The van der Waals surface area contributed by atoms with Crippen LogP contribution in [0.4, 0.5) is 4.79 Å². The molecule has 0 bridgehead atoms. The molecule has 5 atom stereocenters. The van der Waals surface area contributed by atoms with Crippen molar-refractivity contribution in [3.05, 3.63) is 65.7 Å². The molecule has 0 saturated heterocycles. The predicted octanol–water partition coefficient (Wildman–Crippen LogP) is 2.85. The second-order valence-electron chi connectivity index (χ2n) is 17.9. The molecule has 0 unspecified atom stereocenters. The number of nitrogens with two attached hydrogens (primary N) is 2. The Bertz CT molecular complexity index is 1780. The molecule has 338 valence electrons. The highest BCUT2D eigenvalue weighted by atomic mass is 16.6. The highest BCUT2D eigenvalue weighted by molar-refractivity contribution is 5.97. The van der Waals surface area contributed by atoms with Crippen LogP contribution in [0.3, 0.4) is 0 Å². The van der Waals surface area contributed by atoms with Gasteiger partial charge in [0, 0.05) is 13.0 Å². The minimum Gasteiger partial charge on any atom is -0.488 e. The van der Waals surface area contributed by atoms with Gasteiger partial charge in [-0.3, -0.25) is 28.8 Å². The van der Waals surface area contributed by atoms with Crippen molar-refractivity contribution in [3.63, 3.8) is 0 Å². The van der Waals surface area contributed by atoms with Crippen LogP contribution in [-0.4, -0.2) is 95.2 Å². The number of esters is 1. The van der Waals surface area contributed by atoms with Crippen LogP contribution in [0.2, 0.25) is 0 Å². The maximum Gasteiger partial charge on any atom is 0.407 e. The van der Waals surface area contributed by atoms with E-state index >= 15 is 0 Å². The molecule has 17 nitrogen and oxygen atoms in total. The maximum absolute atomic E-state index is 14.3. The van der Waals surface area contributed by atoms with Gasteiger partial charge in [-0.1, -0.05) is 42.5 Å². The average Bonchev–Trinajstić information content (AvgIpc) is 3.12. The summed E-state index contributed by atoms with van der Waals surface area (Å²) in [5.41, 5.74) is 10.9. The summed E-state index contributed by atoms with van der Waals surface area (Å²) in [6.07, 6.45) is -0.365. The van der Waals surface area contributed by atoms with Gasteiger partial charge >= 0.3 is 12.1 Å². The summed E-state index contributed by atoms with van der Waals surface area (Å²) in [6, 6.07) is 9.60. The molecule has 0 spiro atoms. The number of benzene rings is 2. The van der Waals surface area contributed by atoms with Gasteiger partial charge in [0.1, 0.15) is 46.7 Å². The van der Waals surface area contributed by atoms with Crippen LogP contribution in [0.25, 0.3) is 0 Å². The second kappa shape index (κ2) is 23.3. The molecule has 0 aromatic heterocycles. The molecule has 0 radical (unpaired) electrons. The number of nitrogens with one attached hydrogen (secondary N) is 5. The Hall–Kier alpha value is -5.71. The highest BCUT2D eigenvalue weighted by Gasteiger charge is 2.33. The Balaban J connectivity index is 2.44. The summed E-state index contributed by atoms with van der Waals surface area (Å²) in [5, 5.41) is 13.1. The number of carbonyl (C=O) groups is 7. The summed E-state index contributed by atoms with van der Waals surface area (Å²) in [4.78, 5) is 92.4. The number of primary amides is 1. The van der Waals surface area contributed by atoms with Gasteiger partial charge in [-0.15, -0.1) is 0 Å². The van der Waals surface area contributed by atoms with E-state index in [2.05, 4.69) is 26.6 Å². The minimum atomic E-state index is -1.52. The molecule has 2 aromatic carbocycles. The number of carbonyl (C=O) groups excluding carboxylic acids is 7. The van der Waals surface area contributed by atoms with Crippen molar-refractivity contribution in [2.75, 3.05) is 6.54 Å². The Labute approximate surface area is 359 Å². The number of ether oxygens (including phenoxy) is 3. The molecule has 2 rings (SSSR count). The van der Waals surface area contributed by atoms with Crippen molar-refractivity contribution >= 4 is 41.6 Å². The van der Waals surface area contributed by atoms with Crippen molar-refractivity contribution in [1.29, 1.82) is 0 Å². The lowest BCUT2D eigenvalue weighted by Gasteiger charge is -2.27. The number of amides is 6. The lowest BCUT2D eigenvalue weighted by atomic mass is 10.0. The molecule has 17 heteroatoms. The van der Waals surface area contributed by atoms with Gasteiger partial charge in [0.25, 0.3) is 0 Å². The van der Waals surface area contributed by atoms with Gasteiger partial charge in [0.2, 0.25) is 29.5 Å². The van der Waals surface area contributed by atoms with Crippen molar-refractivity contribution in [3.8, 4) is 5.75 Å². The average molecular weight is 854 g/mol. The van der Waals surface area contributed by atoms with E-state index in [1.807, 2.05) is 26.8 Å². The van der Waals surface area contributed by atoms with Gasteiger partial charge < -0.3 is 52.3 Å². The normalized spacial score (nSPS) is 14.1. The monoisotopic (exact) mass is 853 g/mol. The fraction of sp³-hybridized carbons (Fsp3) is 0.568. The number of rotatable bonds is 21. The molecule has 2 aromatic rings. The van der Waals surface area contributed by atoms with Crippen LogP contribution >= 0.6 is 0 Å². The lowest BCUT2D eigenvalue weighted by molar-refractivity contribution is -0.156. The van der Waals surface area contributed by atoms with E-state index in [0.717, 1.165) is 5.56 Å². The van der Waals surface area contributed by atoms with Crippen molar-refractivity contribution in [2.24, 2.45) is 11.5 Å². The highest BCUT2D eigenvalue weighted by Crippen LogP contribution is 2.20. The first-order valence-corrected chi connectivity index (χ1v) is 20.5. The van der Waals surface area contributed by atoms with Gasteiger partial charge in [-0.2, -0.15) is 0 Å². The first-order chi connectivity index (χ1) is 28.2. The van der Waals surface area contributed by atoms with Gasteiger partial charge in [-0.05, 0) is 118 Å². The number of alkyl carbamates (subject to hydrolysis) is 1. The number of hydrogen-bond donors (Lipinski definition) is 7. The van der Waals surface area contributed by atoms with Gasteiger partial charge in [-0.25, -0.2) is 4.79 Å². The molecule has 0 saturated carbocycles. The molecule has 9 N–H and O–H groups in total. The van der Waals surface area contributed by atoms with Crippen LogP contribution in [0, 0.1) is 0 Å². The number of unbranched alkanes of at least 4 members (excludes halogenated alkanes) is 1. The van der Waals surface area contributed by atoms with E-state index in [1.54, 1.807) is 90.1 Å². The summed E-state index contributed by atoms with van der Waals surface area (Å²) in [7, 11) is 0. The van der Waals surface area contributed by atoms with E-state index < -0.39 is 95.0 Å². The molecule has 0 aliphatic rings. The molecule has 0 fully saturated rings. The first kappa shape index (κ1) is 51.4. The van der Waals surface area contributed by atoms with E-state index in [-0.39, 0.29) is 25.8 Å². The Morgan fingerprint density at radius 1 is 0.607 bits per heavy atom. The summed E-state index contributed by atoms with van der Waals surface area (Å²) < 4.78 is 16.7. The van der Waals surface area contributed by atoms with Crippen molar-refractivity contribution in [2.45, 2.75) is 155 Å². The fourth-order valence-electron chi connectivity index (χ4n) is 5.67. The summed E-state index contributed by atoms with van der Waals surface area (Å²) in [5.74, 6) is -4.14. The Kier molecular flexibility index (Phi) is 19.7. The lowest BCUT2D eigenvalue weighted by Crippen LogP contribution is -2.59. The van der Waals surface area contributed by atoms with Crippen LogP contribution < -0.4 is 42.8 Å². The zero-order valence-corrected chi connectivity index (χ0v) is 37.3.